The van der Waals surface area contributed by atoms with E-state index >= 15 is 0 Å². The number of hydrogen-bond donors (Lipinski definition) is 3. The molecule has 0 radical (unpaired) electrons. The molecular formula is C14H24ClN3O3S. The van der Waals surface area contributed by atoms with Gasteiger partial charge < -0.3 is 11.1 Å². The summed E-state index contributed by atoms with van der Waals surface area (Å²) >= 11 is 0. The van der Waals surface area contributed by atoms with Crippen LogP contribution < -0.4 is 15.8 Å². The number of halogens is 1. The van der Waals surface area contributed by atoms with Gasteiger partial charge in [-0.3, -0.25) is 4.79 Å². The highest BCUT2D eigenvalue weighted by Crippen LogP contribution is 2.12. The fraction of sp³-hybridized carbons (Fsp3) is 0.500. The molecular weight excluding hydrogens is 326 g/mol. The number of nitrogens with one attached hydrogen (secondary N) is 2. The molecule has 0 spiro atoms. The van der Waals surface area contributed by atoms with Crippen molar-refractivity contribution in [3.63, 3.8) is 0 Å². The van der Waals surface area contributed by atoms with Crippen molar-refractivity contribution in [1.29, 1.82) is 0 Å². The van der Waals surface area contributed by atoms with E-state index in [0.717, 1.165) is 12.8 Å². The van der Waals surface area contributed by atoms with Crippen molar-refractivity contribution >= 4 is 28.3 Å². The van der Waals surface area contributed by atoms with Gasteiger partial charge in [0.15, 0.2) is 0 Å². The Bertz CT molecular complexity index is 561. The van der Waals surface area contributed by atoms with Crippen molar-refractivity contribution in [1.82, 2.24) is 10.0 Å². The van der Waals surface area contributed by atoms with E-state index in [0.29, 0.717) is 12.0 Å². The molecule has 1 atom stereocenters. The van der Waals surface area contributed by atoms with Gasteiger partial charge in [-0.25, -0.2) is 13.1 Å². The Morgan fingerprint density at radius 2 is 1.86 bits per heavy atom. The Kier molecular flexibility index (Phi) is 9.27. The van der Waals surface area contributed by atoms with Gasteiger partial charge in [-0.1, -0.05) is 19.8 Å². The minimum atomic E-state index is -3.61. The summed E-state index contributed by atoms with van der Waals surface area (Å²) in [7, 11) is -2.09. The van der Waals surface area contributed by atoms with Gasteiger partial charge in [0.25, 0.3) is 5.91 Å². The molecule has 8 heteroatoms. The standard InChI is InChI=1S/C14H23N3O3S.ClH/c1-3-4-5-12(10-15)17-21(19,20)13-8-6-11(7-9-13)14(18)16-2;/h6-9,12,17H,3-5,10,15H2,1-2H3,(H,16,18);1H. The van der Waals surface area contributed by atoms with Gasteiger partial charge in [-0.2, -0.15) is 0 Å². The van der Waals surface area contributed by atoms with Crippen LogP contribution in [0.4, 0.5) is 0 Å². The number of carbonyl (C=O) groups excluding carboxylic acids is 1. The molecule has 1 aromatic carbocycles. The smallest absolute Gasteiger partial charge is 0.251 e. The summed E-state index contributed by atoms with van der Waals surface area (Å²) < 4.78 is 27.1. The molecule has 0 bridgehead atoms. The van der Waals surface area contributed by atoms with Gasteiger partial charge in [-0.05, 0) is 30.7 Å². The normalized spacial score (nSPS) is 12.3. The molecule has 0 aliphatic carbocycles. The molecule has 1 aromatic rings. The second-order valence-electron chi connectivity index (χ2n) is 4.80. The fourth-order valence-corrected chi connectivity index (χ4v) is 3.18. The van der Waals surface area contributed by atoms with Gasteiger partial charge in [0.1, 0.15) is 0 Å². The fourth-order valence-electron chi connectivity index (χ4n) is 1.89. The van der Waals surface area contributed by atoms with Crippen LogP contribution in [-0.2, 0) is 10.0 Å². The Morgan fingerprint density at radius 1 is 1.27 bits per heavy atom. The maximum absolute atomic E-state index is 12.2. The van der Waals surface area contributed by atoms with Crippen LogP contribution in [0.2, 0.25) is 0 Å². The average molecular weight is 350 g/mol. The molecule has 1 amide bonds. The largest absolute Gasteiger partial charge is 0.355 e. The monoisotopic (exact) mass is 349 g/mol. The van der Waals surface area contributed by atoms with Crippen molar-refractivity contribution in [2.45, 2.75) is 37.1 Å². The van der Waals surface area contributed by atoms with Crippen LogP contribution in [-0.4, -0.2) is 34.0 Å². The first-order chi connectivity index (χ1) is 9.94. The second kappa shape index (κ2) is 9.78. The molecule has 0 aliphatic rings. The number of carbonyl (C=O) groups is 1. The number of nitrogens with two attached hydrogens (primary N) is 1. The highest BCUT2D eigenvalue weighted by Gasteiger charge is 2.19. The molecule has 0 fully saturated rings. The minimum Gasteiger partial charge on any atom is -0.355 e. The minimum absolute atomic E-state index is 0. The second-order valence-corrected chi connectivity index (χ2v) is 6.51. The van der Waals surface area contributed by atoms with Gasteiger partial charge in [0.05, 0.1) is 4.90 Å². The maximum Gasteiger partial charge on any atom is 0.251 e. The van der Waals surface area contributed by atoms with Crippen molar-refractivity contribution in [2.24, 2.45) is 5.73 Å². The lowest BCUT2D eigenvalue weighted by atomic mass is 10.1. The summed E-state index contributed by atoms with van der Waals surface area (Å²) in [6.07, 6.45) is 2.61. The third-order valence-electron chi connectivity index (χ3n) is 3.17. The summed E-state index contributed by atoms with van der Waals surface area (Å²) in [6, 6.07) is 5.53. The Labute approximate surface area is 138 Å². The maximum atomic E-state index is 12.2. The zero-order chi connectivity index (χ0) is 15.9. The number of rotatable bonds is 8. The van der Waals surface area contributed by atoms with Crippen molar-refractivity contribution in [2.75, 3.05) is 13.6 Å². The first-order valence-electron chi connectivity index (χ1n) is 6.99. The SMILES string of the molecule is CCCCC(CN)NS(=O)(=O)c1ccc(C(=O)NC)cc1.Cl. The van der Waals surface area contributed by atoms with E-state index in [2.05, 4.69) is 10.0 Å². The first kappa shape index (κ1) is 20.9. The summed E-state index contributed by atoms with van der Waals surface area (Å²) in [5.74, 6) is -0.255. The van der Waals surface area contributed by atoms with Crippen molar-refractivity contribution in [3.05, 3.63) is 29.8 Å². The molecule has 0 saturated heterocycles. The molecule has 4 N–H and O–H groups in total. The summed E-state index contributed by atoms with van der Waals surface area (Å²) in [5, 5.41) is 2.48. The number of benzene rings is 1. The molecule has 1 unspecified atom stereocenters. The highest BCUT2D eigenvalue weighted by atomic mass is 35.5. The van der Waals surface area contributed by atoms with E-state index in [1.165, 1.54) is 31.3 Å². The molecule has 1 rings (SSSR count). The zero-order valence-electron chi connectivity index (χ0n) is 12.8. The summed E-state index contributed by atoms with van der Waals surface area (Å²) in [5.41, 5.74) is 6.02. The molecule has 0 saturated carbocycles. The lowest BCUT2D eigenvalue weighted by Gasteiger charge is -2.16. The van der Waals surface area contributed by atoms with E-state index in [4.69, 9.17) is 5.73 Å². The number of sulfonamides is 1. The van der Waals surface area contributed by atoms with E-state index in [-0.39, 0.29) is 35.8 Å². The number of amides is 1. The highest BCUT2D eigenvalue weighted by molar-refractivity contribution is 7.89. The molecule has 0 aromatic heterocycles. The molecule has 0 heterocycles. The summed E-state index contributed by atoms with van der Waals surface area (Å²) in [4.78, 5) is 11.6. The summed E-state index contributed by atoms with van der Waals surface area (Å²) in [6.45, 7) is 2.30. The van der Waals surface area contributed by atoms with Crippen LogP contribution in [0, 0.1) is 0 Å². The first-order valence-corrected chi connectivity index (χ1v) is 8.47. The quantitative estimate of drug-likeness (QED) is 0.657. The molecule has 0 aliphatic heterocycles. The number of unbranched alkanes of at least 4 members (excludes halogenated alkanes) is 1. The van der Waals surface area contributed by atoms with Gasteiger partial charge in [0, 0.05) is 25.2 Å². The van der Waals surface area contributed by atoms with Crippen LogP contribution in [0.15, 0.2) is 29.2 Å². The Hall–Kier alpha value is -1.15. The van der Waals surface area contributed by atoms with Crippen molar-refractivity contribution in [3.8, 4) is 0 Å². The van der Waals surface area contributed by atoms with Crippen LogP contribution in [0.1, 0.15) is 36.5 Å². The topological polar surface area (TPSA) is 101 Å². The lowest BCUT2D eigenvalue weighted by molar-refractivity contribution is 0.0963. The third kappa shape index (κ3) is 5.92. The zero-order valence-corrected chi connectivity index (χ0v) is 14.5. The molecule has 6 nitrogen and oxygen atoms in total. The predicted octanol–water partition coefficient (Wildman–Crippen LogP) is 1.26. The van der Waals surface area contributed by atoms with Crippen LogP contribution in [0.3, 0.4) is 0 Å². The van der Waals surface area contributed by atoms with Gasteiger partial charge >= 0.3 is 0 Å². The van der Waals surface area contributed by atoms with E-state index in [9.17, 15) is 13.2 Å². The van der Waals surface area contributed by atoms with Crippen LogP contribution >= 0.6 is 12.4 Å². The van der Waals surface area contributed by atoms with Crippen molar-refractivity contribution < 1.29 is 13.2 Å². The predicted molar refractivity (Wildman–Crippen MR) is 89.8 cm³/mol. The van der Waals surface area contributed by atoms with Gasteiger partial charge in [0.2, 0.25) is 10.0 Å². The van der Waals surface area contributed by atoms with Gasteiger partial charge in [-0.15, -0.1) is 12.4 Å². The van der Waals surface area contributed by atoms with Crippen LogP contribution in [0.5, 0.6) is 0 Å². The molecule has 22 heavy (non-hydrogen) atoms. The Morgan fingerprint density at radius 3 is 2.32 bits per heavy atom. The third-order valence-corrected chi connectivity index (χ3v) is 4.70. The lowest BCUT2D eigenvalue weighted by Crippen LogP contribution is -2.40. The van der Waals surface area contributed by atoms with E-state index < -0.39 is 10.0 Å². The van der Waals surface area contributed by atoms with E-state index in [1.54, 1.807) is 0 Å². The van der Waals surface area contributed by atoms with Crippen LogP contribution in [0.25, 0.3) is 0 Å². The average Bonchev–Trinajstić information content (AvgIpc) is 2.50. The number of hydrogen-bond acceptors (Lipinski definition) is 4. The Balaban J connectivity index is 0.00000441. The van der Waals surface area contributed by atoms with E-state index in [1.807, 2.05) is 6.92 Å². The molecule has 126 valence electrons.